The summed E-state index contributed by atoms with van der Waals surface area (Å²) in [6, 6.07) is 14.3. The Morgan fingerprint density at radius 3 is 1.02 bits per heavy atom. The van der Waals surface area contributed by atoms with Crippen LogP contribution in [-0.2, 0) is 38.1 Å². The standard InChI is InChI=1S/C36H46O10/c1-5-41-33(37)31(34(38)42-6-2)25-27-15-19-29(20-16-27)45-23-13-11-9-10-12-14-24-46-30-21-17-28(18-22-30)26-32(35(39)43-7-3)36(40)44-8-4/h15-22,25-26H,5-14,23-24H2,1-4H3. The molecule has 0 fully saturated rings. The van der Waals surface area contributed by atoms with Crippen LogP contribution in [0, 0.1) is 0 Å². The highest BCUT2D eigenvalue weighted by atomic mass is 16.6. The first-order valence-electron chi connectivity index (χ1n) is 15.9. The molecule has 0 amide bonds. The molecule has 46 heavy (non-hydrogen) atoms. The minimum Gasteiger partial charge on any atom is -0.494 e. The molecular formula is C36H46O10. The molecule has 0 heterocycles. The van der Waals surface area contributed by atoms with Gasteiger partial charge in [0.15, 0.2) is 0 Å². The molecule has 0 bridgehead atoms. The second kappa shape index (κ2) is 22.0. The third kappa shape index (κ3) is 14.0. The fourth-order valence-corrected chi connectivity index (χ4v) is 4.18. The van der Waals surface area contributed by atoms with Crippen LogP contribution in [0.15, 0.2) is 59.7 Å². The van der Waals surface area contributed by atoms with E-state index < -0.39 is 23.9 Å². The van der Waals surface area contributed by atoms with Crippen molar-refractivity contribution in [3.63, 3.8) is 0 Å². The summed E-state index contributed by atoms with van der Waals surface area (Å²) in [5.41, 5.74) is 1.04. The smallest absolute Gasteiger partial charge is 0.345 e. The van der Waals surface area contributed by atoms with E-state index in [2.05, 4.69) is 0 Å². The fraction of sp³-hybridized carbons (Fsp3) is 0.444. The summed E-state index contributed by atoms with van der Waals surface area (Å²) in [6.07, 6.45) is 9.09. The number of carbonyl (C=O) groups excluding carboxylic acids is 4. The Hall–Kier alpha value is -4.60. The van der Waals surface area contributed by atoms with Gasteiger partial charge >= 0.3 is 23.9 Å². The maximum atomic E-state index is 12.1. The third-order valence-corrected chi connectivity index (χ3v) is 6.44. The molecule has 0 N–H and O–H groups in total. The van der Waals surface area contributed by atoms with Gasteiger partial charge in [-0.1, -0.05) is 49.9 Å². The minimum atomic E-state index is -0.713. The monoisotopic (exact) mass is 638 g/mol. The van der Waals surface area contributed by atoms with Gasteiger partial charge < -0.3 is 28.4 Å². The first-order chi connectivity index (χ1) is 22.3. The Morgan fingerprint density at radius 1 is 0.457 bits per heavy atom. The number of hydrogen-bond acceptors (Lipinski definition) is 10. The molecule has 0 aliphatic rings. The summed E-state index contributed by atoms with van der Waals surface area (Å²) >= 11 is 0. The molecule has 0 aromatic heterocycles. The van der Waals surface area contributed by atoms with Crippen molar-refractivity contribution in [2.24, 2.45) is 0 Å². The molecule has 0 aliphatic heterocycles. The van der Waals surface area contributed by atoms with Crippen LogP contribution in [0.2, 0.25) is 0 Å². The fourth-order valence-electron chi connectivity index (χ4n) is 4.18. The van der Waals surface area contributed by atoms with E-state index in [0.29, 0.717) is 35.8 Å². The van der Waals surface area contributed by atoms with Crippen LogP contribution in [0.3, 0.4) is 0 Å². The topological polar surface area (TPSA) is 124 Å². The Labute approximate surface area is 271 Å². The predicted octanol–water partition coefficient (Wildman–Crippen LogP) is 6.50. The summed E-state index contributed by atoms with van der Waals surface area (Å²) in [4.78, 5) is 48.6. The number of hydrogen-bond donors (Lipinski definition) is 0. The molecule has 2 aromatic rings. The molecule has 10 heteroatoms. The molecule has 10 nitrogen and oxygen atoms in total. The zero-order valence-electron chi connectivity index (χ0n) is 27.3. The second-order valence-electron chi connectivity index (χ2n) is 9.95. The number of unbranched alkanes of at least 4 members (excludes halogenated alkanes) is 5. The number of benzene rings is 2. The second-order valence-corrected chi connectivity index (χ2v) is 9.95. The van der Waals surface area contributed by atoms with Gasteiger partial charge in [0.25, 0.3) is 0 Å². The van der Waals surface area contributed by atoms with E-state index in [1.807, 2.05) is 0 Å². The van der Waals surface area contributed by atoms with Crippen LogP contribution in [0.4, 0.5) is 0 Å². The molecule has 0 unspecified atom stereocenters. The SMILES string of the molecule is CCOC(=O)C(=Cc1ccc(OCCCCCCCCOc2ccc(C=C(C(=O)OCC)C(=O)OCC)cc2)cc1)C(=O)OCC. The molecule has 0 saturated carbocycles. The summed E-state index contributed by atoms with van der Waals surface area (Å²) in [6.45, 7) is 8.55. The van der Waals surface area contributed by atoms with E-state index in [4.69, 9.17) is 28.4 Å². The zero-order chi connectivity index (χ0) is 33.6. The lowest BCUT2D eigenvalue weighted by atomic mass is 10.1. The zero-order valence-corrected chi connectivity index (χ0v) is 27.3. The van der Waals surface area contributed by atoms with Gasteiger partial charge in [0.1, 0.15) is 22.6 Å². The van der Waals surface area contributed by atoms with Crippen LogP contribution in [0.25, 0.3) is 12.2 Å². The lowest BCUT2D eigenvalue weighted by molar-refractivity contribution is -0.148. The molecule has 0 atom stereocenters. The number of rotatable bonds is 21. The van der Waals surface area contributed by atoms with Gasteiger partial charge in [-0.25, -0.2) is 19.2 Å². The largest absolute Gasteiger partial charge is 0.494 e. The van der Waals surface area contributed by atoms with Gasteiger partial charge in [-0.05, 0) is 88.1 Å². The summed E-state index contributed by atoms with van der Waals surface area (Å²) in [5.74, 6) is -1.43. The quantitative estimate of drug-likeness (QED) is 0.0374. The van der Waals surface area contributed by atoms with Crippen molar-refractivity contribution in [3.05, 3.63) is 70.8 Å². The first-order valence-corrected chi connectivity index (χ1v) is 15.9. The van der Waals surface area contributed by atoms with Gasteiger partial charge in [0.05, 0.1) is 39.6 Å². The van der Waals surface area contributed by atoms with Crippen molar-refractivity contribution in [2.75, 3.05) is 39.6 Å². The van der Waals surface area contributed by atoms with E-state index >= 15 is 0 Å². The minimum absolute atomic E-state index is 0.147. The van der Waals surface area contributed by atoms with Crippen molar-refractivity contribution >= 4 is 36.0 Å². The highest BCUT2D eigenvalue weighted by Gasteiger charge is 2.22. The lowest BCUT2D eigenvalue weighted by Crippen LogP contribution is -2.18. The van der Waals surface area contributed by atoms with Gasteiger partial charge in [0, 0.05) is 0 Å². The van der Waals surface area contributed by atoms with Gasteiger partial charge in [-0.15, -0.1) is 0 Å². The third-order valence-electron chi connectivity index (χ3n) is 6.44. The molecular weight excluding hydrogens is 592 g/mol. The van der Waals surface area contributed by atoms with Crippen LogP contribution >= 0.6 is 0 Å². The Balaban J connectivity index is 1.65. The molecule has 0 aliphatic carbocycles. The highest BCUT2D eigenvalue weighted by molar-refractivity contribution is 6.18. The number of esters is 4. The summed E-state index contributed by atoms with van der Waals surface area (Å²) < 4.78 is 31.6. The van der Waals surface area contributed by atoms with Crippen molar-refractivity contribution in [1.82, 2.24) is 0 Å². The average Bonchev–Trinajstić information content (AvgIpc) is 3.05. The van der Waals surface area contributed by atoms with Crippen molar-refractivity contribution in [3.8, 4) is 11.5 Å². The van der Waals surface area contributed by atoms with E-state index in [-0.39, 0.29) is 37.6 Å². The molecule has 0 radical (unpaired) electrons. The molecule has 0 saturated heterocycles. The maximum absolute atomic E-state index is 12.1. The predicted molar refractivity (Wildman–Crippen MR) is 174 cm³/mol. The van der Waals surface area contributed by atoms with Crippen molar-refractivity contribution < 1.29 is 47.6 Å². The molecule has 250 valence electrons. The Bertz CT molecular complexity index is 1150. The number of carbonyl (C=O) groups is 4. The summed E-state index contributed by atoms with van der Waals surface area (Å²) in [7, 11) is 0. The van der Waals surface area contributed by atoms with E-state index in [1.165, 1.54) is 12.2 Å². The Kier molecular flexibility index (Phi) is 18.0. The number of ether oxygens (including phenoxy) is 6. The van der Waals surface area contributed by atoms with Gasteiger partial charge in [-0.2, -0.15) is 0 Å². The van der Waals surface area contributed by atoms with E-state index in [1.54, 1.807) is 76.2 Å². The van der Waals surface area contributed by atoms with Crippen LogP contribution in [0.1, 0.15) is 77.3 Å². The molecule has 2 rings (SSSR count). The van der Waals surface area contributed by atoms with Gasteiger partial charge in [-0.3, -0.25) is 0 Å². The first kappa shape index (κ1) is 37.6. The average molecular weight is 639 g/mol. The summed E-state index contributed by atoms with van der Waals surface area (Å²) in [5, 5.41) is 0. The van der Waals surface area contributed by atoms with Crippen molar-refractivity contribution in [1.29, 1.82) is 0 Å². The van der Waals surface area contributed by atoms with Crippen LogP contribution in [-0.4, -0.2) is 63.5 Å². The van der Waals surface area contributed by atoms with Crippen LogP contribution < -0.4 is 9.47 Å². The normalized spacial score (nSPS) is 10.3. The lowest BCUT2D eigenvalue weighted by Gasteiger charge is -2.09. The molecule has 2 aromatic carbocycles. The van der Waals surface area contributed by atoms with Crippen LogP contribution in [0.5, 0.6) is 11.5 Å². The van der Waals surface area contributed by atoms with E-state index in [9.17, 15) is 19.2 Å². The maximum Gasteiger partial charge on any atom is 0.345 e. The molecule has 0 spiro atoms. The van der Waals surface area contributed by atoms with Gasteiger partial charge in [0.2, 0.25) is 0 Å². The Morgan fingerprint density at radius 2 is 0.739 bits per heavy atom. The highest BCUT2D eigenvalue weighted by Crippen LogP contribution is 2.18. The van der Waals surface area contributed by atoms with E-state index in [0.717, 1.165) is 38.5 Å². The van der Waals surface area contributed by atoms with Crippen molar-refractivity contribution in [2.45, 2.75) is 66.2 Å².